The summed E-state index contributed by atoms with van der Waals surface area (Å²) in [5.41, 5.74) is 0.526. The Morgan fingerprint density at radius 2 is 1.92 bits per heavy atom. The summed E-state index contributed by atoms with van der Waals surface area (Å²) in [4.78, 5) is 17.1. The van der Waals surface area contributed by atoms with Crippen molar-refractivity contribution in [2.24, 2.45) is 0 Å². The molecule has 0 spiro atoms. The van der Waals surface area contributed by atoms with Gasteiger partial charge in [-0.3, -0.25) is 9.78 Å². The van der Waals surface area contributed by atoms with Gasteiger partial charge in [0.15, 0.2) is 0 Å². The molecule has 1 aromatic carbocycles. The van der Waals surface area contributed by atoms with Gasteiger partial charge in [-0.1, -0.05) is 46.9 Å². The number of halogens is 3. The van der Waals surface area contributed by atoms with Crippen LogP contribution >= 0.6 is 34.8 Å². The highest BCUT2D eigenvalue weighted by molar-refractivity contribution is 6.43. The van der Waals surface area contributed by atoms with Crippen molar-refractivity contribution in [3.05, 3.63) is 57.3 Å². The maximum atomic E-state index is 13.1. The molecule has 0 atom stereocenters. The monoisotopic (exact) mass is 384 g/mol. The van der Waals surface area contributed by atoms with E-state index in [2.05, 4.69) is 10.3 Å². The average Bonchev–Trinajstić information content (AvgIpc) is 2.59. The fourth-order valence-electron chi connectivity index (χ4n) is 2.90. The van der Waals surface area contributed by atoms with E-state index in [1.807, 2.05) is 18.2 Å². The maximum Gasteiger partial charge on any atom is 0.235 e. The molecule has 0 radical (unpaired) electrons. The van der Waals surface area contributed by atoms with Crippen LogP contribution in [0.4, 0.5) is 5.69 Å². The molecular formula is C17H15Cl3N2O2. The molecule has 1 aliphatic rings. The molecule has 2 aromatic rings. The van der Waals surface area contributed by atoms with Gasteiger partial charge in [0.25, 0.3) is 0 Å². The van der Waals surface area contributed by atoms with E-state index in [1.54, 1.807) is 6.07 Å². The minimum Gasteiger partial charge on any atom is -0.381 e. The highest BCUT2D eigenvalue weighted by Crippen LogP contribution is 2.38. The first-order chi connectivity index (χ1) is 11.5. The summed E-state index contributed by atoms with van der Waals surface area (Å²) >= 11 is 18.3. The topological polar surface area (TPSA) is 51.2 Å². The minimum absolute atomic E-state index is 0.168. The number of hydrogen-bond acceptors (Lipinski definition) is 3. The van der Waals surface area contributed by atoms with E-state index >= 15 is 0 Å². The van der Waals surface area contributed by atoms with Gasteiger partial charge in [0.1, 0.15) is 0 Å². The number of hydrogen-bond donors (Lipinski definition) is 1. The molecule has 1 fully saturated rings. The molecule has 7 heteroatoms. The van der Waals surface area contributed by atoms with E-state index in [1.165, 1.54) is 12.4 Å². The Bertz CT molecular complexity index is 761. The largest absolute Gasteiger partial charge is 0.381 e. The number of anilines is 1. The van der Waals surface area contributed by atoms with Gasteiger partial charge in [0.05, 0.1) is 27.3 Å². The van der Waals surface area contributed by atoms with Crippen LogP contribution in [0.2, 0.25) is 15.1 Å². The lowest BCUT2D eigenvalue weighted by Gasteiger charge is -2.36. The summed E-state index contributed by atoms with van der Waals surface area (Å²) in [6.45, 7) is 1.00. The maximum absolute atomic E-state index is 13.1. The van der Waals surface area contributed by atoms with Crippen molar-refractivity contribution < 1.29 is 9.53 Å². The van der Waals surface area contributed by atoms with Crippen molar-refractivity contribution in [1.82, 2.24) is 4.98 Å². The van der Waals surface area contributed by atoms with Crippen molar-refractivity contribution in [2.45, 2.75) is 18.3 Å². The Labute approximate surface area is 155 Å². The molecule has 1 amide bonds. The Morgan fingerprint density at radius 3 is 2.62 bits per heavy atom. The molecule has 1 aromatic heterocycles. The lowest BCUT2D eigenvalue weighted by Crippen LogP contribution is -2.44. The van der Waals surface area contributed by atoms with Crippen LogP contribution in [0.25, 0.3) is 0 Å². The molecule has 3 rings (SSSR count). The summed E-state index contributed by atoms with van der Waals surface area (Å²) in [5.74, 6) is -0.168. The van der Waals surface area contributed by atoms with Crippen molar-refractivity contribution in [3.8, 4) is 0 Å². The van der Waals surface area contributed by atoms with E-state index in [9.17, 15) is 4.79 Å². The first-order valence-corrected chi connectivity index (χ1v) is 8.60. The van der Waals surface area contributed by atoms with Crippen LogP contribution in [0.1, 0.15) is 18.4 Å². The van der Waals surface area contributed by atoms with Crippen LogP contribution in [0, 0.1) is 0 Å². The second-order valence-corrected chi connectivity index (χ2v) is 6.86. The zero-order valence-corrected chi connectivity index (χ0v) is 15.0. The first kappa shape index (κ1) is 17.5. The molecule has 126 valence electrons. The third-order valence-electron chi connectivity index (χ3n) is 4.24. The molecule has 2 heterocycles. The van der Waals surface area contributed by atoms with Gasteiger partial charge in [-0.2, -0.15) is 0 Å². The lowest BCUT2D eigenvalue weighted by atomic mass is 9.73. The highest BCUT2D eigenvalue weighted by Gasteiger charge is 2.42. The molecule has 0 aliphatic carbocycles. The van der Waals surface area contributed by atoms with E-state index in [0.717, 1.165) is 5.56 Å². The van der Waals surface area contributed by atoms with Crippen molar-refractivity contribution in [2.75, 3.05) is 18.5 Å². The second kappa shape index (κ2) is 7.28. The standard InChI is InChI=1S/C17H15Cl3N2O2/c18-12-3-1-2-11(8-12)17(4-6-24-7-5-17)16(23)22-14-10-21-9-13(19)15(14)20/h1-3,8-10H,4-7H2,(H,22,23). The summed E-state index contributed by atoms with van der Waals surface area (Å²) in [5, 5.41) is 4.02. The van der Waals surface area contributed by atoms with Gasteiger partial charge in [-0.25, -0.2) is 0 Å². The molecule has 1 N–H and O–H groups in total. The second-order valence-electron chi connectivity index (χ2n) is 5.64. The zero-order valence-electron chi connectivity index (χ0n) is 12.7. The number of carbonyl (C=O) groups is 1. The number of aromatic nitrogens is 1. The lowest BCUT2D eigenvalue weighted by molar-refractivity contribution is -0.125. The van der Waals surface area contributed by atoms with E-state index in [4.69, 9.17) is 39.5 Å². The van der Waals surface area contributed by atoms with Crippen LogP contribution in [-0.4, -0.2) is 24.1 Å². The quantitative estimate of drug-likeness (QED) is 0.831. The normalized spacial score (nSPS) is 16.6. The number of benzene rings is 1. The predicted octanol–water partition coefficient (Wildman–Crippen LogP) is 4.73. The molecule has 0 bridgehead atoms. The van der Waals surface area contributed by atoms with E-state index in [0.29, 0.717) is 41.8 Å². The third kappa shape index (κ3) is 3.38. The van der Waals surface area contributed by atoms with Crippen molar-refractivity contribution in [1.29, 1.82) is 0 Å². The smallest absolute Gasteiger partial charge is 0.235 e. The Kier molecular flexibility index (Phi) is 5.30. The molecule has 0 saturated carbocycles. The van der Waals surface area contributed by atoms with E-state index in [-0.39, 0.29) is 10.9 Å². The fraction of sp³-hybridized carbons (Fsp3) is 0.294. The number of rotatable bonds is 3. The zero-order chi connectivity index (χ0) is 17.2. The molecular weight excluding hydrogens is 371 g/mol. The van der Waals surface area contributed by atoms with Gasteiger partial charge in [0.2, 0.25) is 5.91 Å². The highest BCUT2D eigenvalue weighted by atomic mass is 35.5. The Balaban J connectivity index is 1.97. The summed E-state index contributed by atoms with van der Waals surface area (Å²) in [7, 11) is 0. The van der Waals surface area contributed by atoms with Gasteiger partial charge >= 0.3 is 0 Å². The number of amides is 1. The number of nitrogens with one attached hydrogen (secondary N) is 1. The van der Waals surface area contributed by atoms with Gasteiger partial charge in [-0.15, -0.1) is 0 Å². The van der Waals surface area contributed by atoms with Crippen molar-refractivity contribution in [3.63, 3.8) is 0 Å². The number of carbonyl (C=O) groups excluding carboxylic acids is 1. The molecule has 24 heavy (non-hydrogen) atoms. The predicted molar refractivity (Wildman–Crippen MR) is 96.1 cm³/mol. The fourth-order valence-corrected chi connectivity index (χ4v) is 3.39. The van der Waals surface area contributed by atoms with Gasteiger partial charge in [0, 0.05) is 24.4 Å². The summed E-state index contributed by atoms with van der Waals surface area (Å²) < 4.78 is 5.45. The number of ether oxygens (including phenoxy) is 1. The van der Waals surface area contributed by atoms with Gasteiger partial charge in [-0.05, 0) is 30.5 Å². The van der Waals surface area contributed by atoms with Crippen LogP contribution in [0.5, 0.6) is 0 Å². The molecule has 4 nitrogen and oxygen atoms in total. The van der Waals surface area contributed by atoms with E-state index < -0.39 is 5.41 Å². The Hall–Kier alpha value is -1.33. The molecule has 1 saturated heterocycles. The summed E-state index contributed by atoms with van der Waals surface area (Å²) in [6, 6.07) is 7.36. The molecule has 1 aliphatic heterocycles. The number of pyridine rings is 1. The average molecular weight is 386 g/mol. The van der Waals surface area contributed by atoms with Crippen LogP contribution in [0.3, 0.4) is 0 Å². The Morgan fingerprint density at radius 1 is 1.17 bits per heavy atom. The minimum atomic E-state index is -0.727. The van der Waals surface area contributed by atoms with Crippen molar-refractivity contribution >= 4 is 46.4 Å². The van der Waals surface area contributed by atoms with Crippen LogP contribution in [0.15, 0.2) is 36.7 Å². The van der Waals surface area contributed by atoms with Gasteiger partial charge < -0.3 is 10.1 Å². The SMILES string of the molecule is O=C(Nc1cncc(Cl)c1Cl)C1(c2cccc(Cl)c2)CCOCC1. The molecule has 0 unspecified atom stereocenters. The summed E-state index contributed by atoms with van der Waals surface area (Å²) in [6.07, 6.45) is 4.04. The van der Waals surface area contributed by atoms with Crippen LogP contribution in [-0.2, 0) is 14.9 Å². The first-order valence-electron chi connectivity index (χ1n) is 7.47. The number of nitrogens with zero attached hydrogens (tertiary/aromatic N) is 1. The third-order valence-corrected chi connectivity index (χ3v) is 5.27. The van der Waals surface area contributed by atoms with Crippen LogP contribution < -0.4 is 5.32 Å².